The third-order valence-corrected chi connectivity index (χ3v) is 9.85. The molecule has 2 aliphatic heterocycles. The van der Waals surface area contributed by atoms with Crippen LogP contribution in [0.15, 0.2) is 78.5 Å². The van der Waals surface area contributed by atoms with E-state index in [9.17, 15) is 0 Å². The number of Topliss-reactive ketones (excluding diaryl/α,β-unsaturated/α-hetero) is 1. The molecule has 2 heterocycles. The van der Waals surface area contributed by atoms with Gasteiger partial charge in [-0.15, -0.1) is 0 Å². The number of hydrogen-bond acceptors (Lipinski definition) is 3. The maximum Gasteiger partial charge on any atom is 0.174 e. The van der Waals surface area contributed by atoms with Gasteiger partial charge in [0.15, 0.2) is 5.78 Å². The summed E-state index contributed by atoms with van der Waals surface area (Å²) in [6, 6.07) is 26.4. The Kier molecular flexibility index (Phi) is 6.68. The lowest BCUT2D eigenvalue weighted by atomic mass is 9.72. The van der Waals surface area contributed by atoms with Crippen LogP contribution in [0.5, 0.6) is 0 Å². The molecule has 0 radical (unpaired) electrons. The van der Waals surface area contributed by atoms with Crippen molar-refractivity contribution in [1.82, 2.24) is 0 Å². The zero-order chi connectivity index (χ0) is 28.2. The lowest BCUT2D eigenvalue weighted by Crippen LogP contribution is -2.47. The molecular weight excluding hydrogens is 488 g/mol. The molecule has 40 heavy (non-hydrogen) atoms. The van der Waals surface area contributed by atoms with Crippen LogP contribution in [0.1, 0.15) is 95.4 Å². The van der Waals surface area contributed by atoms with E-state index < -0.39 is 0 Å². The topological polar surface area (TPSA) is 23.6 Å². The minimum Gasteiger partial charge on any atom is -0.366 e. The Morgan fingerprint density at radius 1 is 0.725 bits per heavy atom. The summed E-state index contributed by atoms with van der Waals surface area (Å²) in [4.78, 5) is 20.2. The highest BCUT2D eigenvalue weighted by Gasteiger charge is 2.55. The maximum atomic E-state index is 15.1. The van der Waals surface area contributed by atoms with Gasteiger partial charge in [-0.2, -0.15) is 0 Å². The van der Waals surface area contributed by atoms with E-state index in [0.717, 1.165) is 49.9 Å². The van der Waals surface area contributed by atoms with Crippen molar-refractivity contribution >= 4 is 22.7 Å². The lowest BCUT2D eigenvalue weighted by molar-refractivity contribution is -0.115. The van der Waals surface area contributed by atoms with Gasteiger partial charge in [0, 0.05) is 46.6 Å². The van der Waals surface area contributed by atoms with E-state index in [2.05, 4.69) is 124 Å². The fraction of sp³-hybridized carbons (Fsp3) is 0.432. The van der Waals surface area contributed by atoms with Crippen molar-refractivity contribution in [3.05, 3.63) is 101 Å². The number of hydrogen-bond donors (Lipinski definition) is 0. The molecule has 3 nitrogen and oxygen atoms in total. The first-order valence-corrected chi connectivity index (χ1v) is 15.4. The number of carbonyl (C=O) groups is 1. The average Bonchev–Trinajstić information content (AvgIpc) is 3.45. The van der Waals surface area contributed by atoms with Crippen LogP contribution >= 0.6 is 0 Å². The maximum absolute atomic E-state index is 15.1. The number of rotatable bonds is 7. The summed E-state index contributed by atoms with van der Waals surface area (Å²) in [5, 5.41) is 0. The third kappa shape index (κ3) is 3.80. The molecule has 0 saturated carbocycles. The molecule has 0 bridgehead atoms. The van der Waals surface area contributed by atoms with Crippen LogP contribution in [0.4, 0.5) is 11.4 Å². The third-order valence-electron chi connectivity index (χ3n) is 9.85. The summed E-state index contributed by atoms with van der Waals surface area (Å²) in [7, 11) is 0. The zero-order valence-electron chi connectivity index (χ0n) is 25.1. The fourth-order valence-electron chi connectivity index (χ4n) is 7.95. The monoisotopic (exact) mass is 532 g/mol. The Balaban J connectivity index is 1.56. The molecule has 0 fully saturated rings. The molecule has 208 valence electrons. The first kappa shape index (κ1) is 26.9. The van der Waals surface area contributed by atoms with Crippen molar-refractivity contribution in [3.8, 4) is 0 Å². The van der Waals surface area contributed by atoms with E-state index in [4.69, 9.17) is 0 Å². The van der Waals surface area contributed by atoms with E-state index in [0.29, 0.717) is 5.78 Å². The van der Waals surface area contributed by atoms with Crippen LogP contribution in [0.3, 0.4) is 0 Å². The number of para-hydroxylation sites is 2. The second kappa shape index (κ2) is 9.94. The largest absolute Gasteiger partial charge is 0.366 e. The highest BCUT2D eigenvalue weighted by molar-refractivity contribution is 6.30. The van der Waals surface area contributed by atoms with Crippen LogP contribution in [0, 0.1) is 0 Å². The van der Waals surface area contributed by atoms with Crippen molar-refractivity contribution in [3.63, 3.8) is 0 Å². The van der Waals surface area contributed by atoms with Crippen molar-refractivity contribution in [2.24, 2.45) is 0 Å². The van der Waals surface area contributed by atoms with E-state index in [1.807, 2.05) is 0 Å². The zero-order valence-corrected chi connectivity index (χ0v) is 25.1. The van der Waals surface area contributed by atoms with Crippen LogP contribution in [0.2, 0.25) is 0 Å². The van der Waals surface area contributed by atoms with Crippen LogP contribution in [-0.2, 0) is 15.6 Å². The van der Waals surface area contributed by atoms with Gasteiger partial charge in [-0.25, -0.2) is 0 Å². The average molecular weight is 533 g/mol. The number of allylic oxidation sites excluding steroid dienone is 2. The number of ketones is 1. The number of nitrogens with zero attached hydrogens (tertiary/aromatic N) is 2. The summed E-state index contributed by atoms with van der Waals surface area (Å²) in [5.74, 6) is 0.0939. The Morgan fingerprint density at radius 2 is 1.32 bits per heavy atom. The Labute approximate surface area is 240 Å². The van der Waals surface area contributed by atoms with Gasteiger partial charge in [0.2, 0.25) is 0 Å². The predicted molar refractivity (Wildman–Crippen MR) is 168 cm³/mol. The molecule has 0 N–H and O–H groups in total. The molecule has 0 saturated heterocycles. The highest BCUT2D eigenvalue weighted by atomic mass is 16.1. The molecule has 6 rings (SSSR count). The molecule has 3 heteroatoms. The van der Waals surface area contributed by atoms with Crippen molar-refractivity contribution < 1.29 is 4.79 Å². The molecule has 3 aromatic rings. The van der Waals surface area contributed by atoms with Gasteiger partial charge < -0.3 is 9.80 Å². The molecule has 0 aromatic heterocycles. The van der Waals surface area contributed by atoms with E-state index >= 15 is 4.79 Å². The first-order chi connectivity index (χ1) is 19.2. The van der Waals surface area contributed by atoms with Gasteiger partial charge in [-0.05, 0) is 47.2 Å². The van der Waals surface area contributed by atoms with Gasteiger partial charge in [0.25, 0.3) is 0 Å². The van der Waals surface area contributed by atoms with E-state index in [1.54, 1.807) is 0 Å². The summed E-state index contributed by atoms with van der Waals surface area (Å²) >= 11 is 0. The van der Waals surface area contributed by atoms with Crippen molar-refractivity contribution in [2.45, 2.75) is 90.0 Å². The summed E-state index contributed by atoms with van der Waals surface area (Å²) < 4.78 is 0. The number of carbonyl (C=O) groups excluding carboxylic acids is 1. The van der Waals surface area contributed by atoms with Crippen LogP contribution in [-0.4, -0.2) is 24.9 Å². The first-order valence-electron chi connectivity index (χ1n) is 15.4. The second-order valence-corrected chi connectivity index (χ2v) is 13.0. The number of benzene rings is 3. The van der Waals surface area contributed by atoms with Gasteiger partial charge >= 0.3 is 0 Å². The molecule has 0 spiro atoms. The Bertz CT molecular complexity index is 1480. The smallest absolute Gasteiger partial charge is 0.174 e. The quantitative estimate of drug-likeness (QED) is 0.285. The minimum absolute atomic E-state index is 0.0687. The molecule has 1 aliphatic carbocycles. The number of unbranched alkanes of at least 4 members (excludes halogenated alkanes) is 2. The van der Waals surface area contributed by atoms with E-state index in [-0.39, 0.29) is 22.8 Å². The number of anilines is 2. The van der Waals surface area contributed by atoms with E-state index in [1.165, 1.54) is 33.8 Å². The standard InChI is InChI=1S/C37H44N2O/c1-7-9-23-38-29-21-15-13-19-27(29)36(3,4)34(38)31-25-17-11-12-18-26(25)32(33(31)40)35-37(5,6)28-20-14-16-22-30(28)39(35)24-10-8-2/h11-22,31,34H,7-10,23-24H2,1-6H3/b35-32+. The SMILES string of the molecule is CCCCN1/C(=C2/C(=O)C(C3N(CCCC)c4ccccc4C3(C)C)c3ccccc32)C(C)(C)c2ccccc21. The lowest BCUT2D eigenvalue weighted by Gasteiger charge is -2.38. The van der Waals surface area contributed by atoms with Crippen molar-refractivity contribution in [2.75, 3.05) is 22.9 Å². The molecule has 3 aliphatic rings. The number of fused-ring (bicyclic) bond motifs is 3. The summed E-state index contributed by atoms with van der Waals surface area (Å²) in [6.07, 6.45) is 4.46. The predicted octanol–water partition coefficient (Wildman–Crippen LogP) is 8.63. The Morgan fingerprint density at radius 3 is 2.05 bits per heavy atom. The summed E-state index contributed by atoms with van der Waals surface area (Å²) in [6.45, 7) is 15.7. The fourth-order valence-corrected chi connectivity index (χ4v) is 7.95. The van der Waals surface area contributed by atoms with Gasteiger partial charge in [-0.1, -0.05) is 115 Å². The second-order valence-electron chi connectivity index (χ2n) is 13.0. The molecule has 0 amide bonds. The van der Waals surface area contributed by atoms with Gasteiger partial charge in [0.1, 0.15) is 0 Å². The normalized spacial score (nSPS) is 23.9. The van der Waals surface area contributed by atoms with Crippen molar-refractivity contribution in [1.29, 1.82) is 0 Å². The minimum atomic E-state index is -0.257. The molecule has 3 aromatic carbocycles. The Hall–Kier alpha value is -3.33. The summed E-state index contributed by atoms with van der Waals surface area (Å²) in [5.41, 5.74) is 9.30. The van der Waals surface area contributed by atoms with Crippen LogP contribution < -0.4 is 9.80 Å². The molecule has 2 atom stereocenters. The molecule has 2 unspecified atom stereocenters. The van der Waals surface area contributed by atoms with Crippen LogP contribution in [0.25, 0.3) is 5.57 Å². The highest BCUT2D eigenvalue weighted by Crippen LogP contribution is 2.57. The molecular formula is C37H44N2O. The van der Waals surface area contributed by atoms with Gasteiger partial charge in [0.05, 0.1) is 12.0 Å². The van der Waals surface area contributed by atoms with Gasteiger partial charge in [-0.3, -0.25) is 4.79 Å².